The number of hydrogen-bond acceptors (Lipinski definition) is 6. The van der Waals surface area contributed by atoms with Crippen LogP contribution in [0.2, 0.25) is 0 Å². The molecule has 0 atom stereocenters. The SMILES string of the molecule is Cc1ccc(S(=O)(=O)Nc2ccc(Nc3cc(-n4ccnc4C)ncn3)cc2)cc1. The van der Waals surface area contributed by atoms with E-state index in [9.17, 15) is 8.42 Å². The zero-order valence-corrected chi connectivity index (χ0v) is 17.3. The summed E-state index contributed by atoms with van der Waals surface area (Å²) in [6.45, 7) is 3.80. The van der Waals surface area contributed by atoms with E-state index in [1.807, 2.05) is 30.7 Å². The smallest absolute Gasteiger partial charge is 0.261 e. The molecule has 0 saturated heterocycles. The average molecular weight is 420 g/mol. The number of imidazole rings is 1. The van der Waals surface area contributed by atoms with Crippen molar-refractivity contribution in [1.29, 1.82) is 0 Å². The molecule has 2 aromatic carbocycles. The highest BCUT2D eigenvalue weighted by Crippen LogP contribution is 2.21. The Kier molecular flexibility index (Phi) is 5.20. The number of sulfonamides is 1. The molecule has 0 radical (unpaired) electrons. The van der Waals surface area contributed by atoms with E-state index < -0.39 is 10.0 Å². The molecule has 2 aromatic heterocycles. The van der Waals surface area contributed by atoms with Gasteiger partial charge < -0.3 is 5.32 Å². The summed E-state index contributed by atoms with van der Waals surface area (Å²) in [4.78, 5) is 12.9. The highest BCUT2D eigenvalue weighted by Gasteiger charge is 2.13. The topological polar surface area (TPSA) is 102 Å². The maximum Gasteiger partial charge on any atom is 0.261 e. The molecule has 0 fully saturated rings. The van der Waals surface area contributed by atoms with Gasteiger partial charge in [0, 0.05) is 29.8 Å². The van der Waals surface area contributed by atoms with Crippen molar-refractivity contribution in [3.8, 4) is 5.82 Å². The number of rotatable bonds is 6. The number of nitrogens with zero attached hydrogens (tertiary/aromatic N) is 4. The summed E-state index contributed by atoms with van der Waals surface area (Å²) in [6, 6.07) is 15.4. The number of aryl methyl sites for hydroxylation is 2. The van der Waals surface area contributed by atoms with E-state index in [-0.39, 0.29) is 4.90 Å². The summed E-state index contributed by atoms with van der Waals surface area (Å²) in [7, 11) is -3.64. The van der Waals surface area contributed by atoms with Gasteiger partial charge in [0.2, 0.25) is 0 Å². The van der Waals surface area contributed by atoms with Crippen molar-refractivity contribution in [3.05, 3.63) is 84.7 Å². The van der Waals surface area contributed by atoms with Crippen LogP contribution in [0.3, 0.4) is 0 Å². The Bertz CT molecular complexity index is 1270. The first kappa shape index (κ1) is 19.6. The molecule has 0 amide bonds. The van der Waals surface area contributed by atoms with E-state index in [0.717, 1.165) is 17.1 Å². The van der Waals surface area contributed by atoms with Gasteiger partial charge in [0.05, 0.1) is 4.90 Å². The molecule has 152 valence electrons. The molecule has 8 nitrogen and oxygen atoms in total. The van der Waals surface area contributed by atoms with Crippen LogP contribution in [-0.2, 0) is 10.0 Å². The first-order valence-corrected chi connectivity index (χ1v) is 10.7. The normalized spacial score (nSPS) is 11.3. The van der Waals surface area contributed by atoms with Gasteiger partial charge in [-0.2, -0.15) is 0 Å². The maximum atomic E-state index is 12.5. The summed E-state index contributed by atoms with van der Waals surface area (Å²) in [6.07, 6.45) is 5.01. The molecule has 0 aliphatic heterocycles. The van der Waals surface area contributed by atoms with E-state index >= 15 is 0 Å². The van der Waals surface area contributed by atoms with Gasteiger partial charge in [-0.25, -0.2) is 23.4 Å². The summed E-state index contributed by atoms with van der Waals surface area (Å²) >= 11 is 0. The Hall–Kier alpha value is -3.72. The molecule has 2 N–H and O–H groups in total. The van der Waals surface area contributed by atoms with Crippen molar-refractivity contribution in [3.63, 3.8) is 0 Å². The number of benzene rings is 2. The Morgan fingerprint density at radius 2 is 1.57 bits per heavy atom. The predicted molar refractivity (Wildman–Crippen MR) is 116 cm³/mol. The molecule has 0 bridgehead atoms. The quantitative estimate of drug-likeness (QED) is 0.492. The van der Waals surface area contributed by atoms with Crippen LogP contribution in [0.5, 0.6) is 0 Å². The fraction of sp³-hybridized carbons (Fsp3) is 0.0952. The van der Waals surface area contributed by atoms with Crippen LogP contribution < -0.4 is 10.0 Å². The Balaban J connectivity index is 1.48. The van der Waals surface area contributed by atoms with Crippen molar-refractivity contribution in [2.75, 3.05) is 10.0 Å². The molecule has 4 rings (SSSR count). The second-order valence-electron chi connectivity index (χ2n) is 6.73. The van der Waals surface area contributed by atoms with Gasteiger partial charge >= 0.3 is 0 Å². The molecule has 4 aromatic rings. The molecule has 0 aliphatic rings. The van der Waals surface area contributed by atoms with Gasteiger partial charge in [-0.15, -0.1) is 0 Å². The second kappa shape index (κ2) is 7.96. The number of nitrogens with one attached hydrogen (secondary N) is 2. The molecule has 9 heteroatoms. The minimum atomic E-state index is -3.64. The zero-order valence-electron chi connectivity index (χ0n) is 16.4. The highest BCUT2D eigenvalue weighted by atomic mass is 32.2. The molecule has 0 saturated carbocycles. The summed E-state index contributed by atoms with van der Waals surface area (Å²) in [5.41, 5.74) is 2.24. The van der Waals surface area contributed by atoms with Crippen LogP contribution in [0.1, 0.15) is 11.4 Å². The molecule has 0 spiro atoms. The van der Waals surface area contributed by atoms with Crippen LogP contribution in [0.25, 0.3) is 5.82 Å². The van der Waals surface area contributed by atoms with Crippen molar-refractivity contribution in [2.24, 2.45) is 0 Å². The third kappa shape index (κ3) is 4.31. The lowest BCUT2D eigenvalue weighted by atomic mass is 10.2. The maximum absolute atomic E-state index is 12.5. The van der Waals surface area contributed by atoms with Crippen LogP contribution in [-0.4, -0.2) is 27.9 Å². The van der Waals surface area contributed by atoms with Gasteiger partial charge in [0.25, 0.3) is 10.0 Å². The van der Waals surface area contributed by atoms with Crippen molar-refractivity contribution < 1.29 is 8.42 Å². The Morgan fingerprint density at radius 3 is 2.23 bits per heavy atom. The summed E-state index contributed by atoms with van der Waals surface area (Å²) in [5, 5.41) is 3.19. The predicted octanol–water partition coefficient (Wildman–Crippen LogP) is 3.82. The average Bonchev–Trinajstić information content (AvgIpc) is 3.16. The summed E-state index contributed by atoms with van der Waals surface area (Å²) < 4.78 is 29.5. The van der Waals surface area contributed by atoms with Crippen LogP contribution in [0.15, 0.2) is 78.2 Å². The van der Waals surface area contributed by atoms with Gasteiger partial charge in [-0.3, -0.25) is 9.29 Å². The minimum Gasteiger partial charge on any atom is -0.340 e. The van der Waals surface area contributed by atoms with E-state index in [0.29, 0.717) is 17.3 Å². The second-order valence-corrected chi connectivity index (χ2v) is 8.41. The standard InChI is InChI=1S/C21H20N6O2S/c1-15-3-9-19(10-4-15)30(28,29)26-18-7-5-17(6-8-18)25-20-13-21(24-14-23-20)27-12-11-22-16(27)2/h3-14,26H,1-2H3,(H,23,24,25). The first-order chi connectivity index (χ1) is 14.4. The zero-order chi connectivity index (χ0) is 21.1. The van der Waals surface area contributed by atoms with Crippen molar-refractivity contribution >= 4 is 27.2 Å². The Morgan fingerprint density at radius 1 is 0.867 bits per heavy atom. The molecule has 0 aliphatic carbocycles. The molecular formula is C21H20N6O2S. The van der Waals surface area contributed by atoms with E-state index in [1.165, 1.54) is 6.33 Å². The number of hydrogen-bond donors (Lipinski definition) is 2. The van der Waals surface area contributed by atoms with E-state index in [1.54, 1.807) is 54.7 Å². The lowest BCUT2D eigenvalue weighted by molar-refractivity contribution is 0.601. The van der Waals surface area contributed by atoms with Crippen molar-refractivity contribution in [2.45, 2.75) is 18.7 Å². The fourth-order valence-electron chi connectivity index (χ4n) is 2.87. The molecule has 0 unspecified atom stereocenters. The van der Waals surface area contributed by atoms with Crippen LogP contribution in [0.4, 0.5) is 17.2 Å². The number of anilines is 3. The number of aromatic nitrogens is 4. The minimum absolute atomic E-state index is 0.221. The van der Waals surface area contributed by atoms with Crippen molar-refractivity contribution in [1.82, 2.24) is 19.5 Å². The van der Waals surface area contributed by atoms with Gasteiger partial charge in [0.15, 0.2) is 0 Å². The van der Waals surface area contributed by atoms with Gasteiger partial charge in [-0.1, -0.05) is 17.7 Å². The molecule has 2 heterocycles. The molecule has 30 heavy (non-hydrogen) atoms. The van der Waals surface area contributed by atoms with Crippen LogP contribution >= 0.6 is 0 Å². The van der Waals surface area contributed by atoms with Gasteiger partial charge in [-0.05, 0) is 50.2 Å². The first-order valence-electron chi connectivity index (χ1n) is 9.20. The fourth-order valence-corrected chi connectivity index (χ4v) is 3.93. The van der Waals surface area contributed by atoms with Crippen LogP contribution in [0, 0.1) is 13.8 Å². The largest absolute Gasteiger partial charge is 0.340 e. The highest BCUT2D eigenvalue weighted by molar-refractivity contribution is 7.92. The lowest BCUT2D eigenvalue weighted by Gasteiger charge is -2.11. The third-order valence-electron chi connectivity index (χ3n) is 4.47. The Labute approximate surface area is 174 Å². The van der Waals surface area contributed by atoms with Gasteiger partial charge in [0.1, 0.15) is 23.8 Å². The van der Waals surface area contributed by atoms with E-state index in [2.05, 4.69) is 25.0 Å². The monoisotopic (exact) mass is 420 g/mol. The lowest BCUT2D eigenvalue weighted by Crippen LogP contribution is -2.12. The third-order valence-corrected chi connectivity index (χ3v) is 5.86. The van der Waals surface area contributed by atoms with E-state index in [4.69, 9.17) is 0 Å². The molecular weight excluding hydrogens is 400 g/mol. The summed E-state index contributed by atoms with van der Waals surface area (Å²) in [5.74, 6) is 2.14.